The Morgan fingerprint density at radius 3 is 2.47 bits per heavy atom. The molecule has 0 fully saturated rings. The Balaban J connectivity index is 1.55. The maximum absolute atomic E-state index is 6.39. The van der Waals surface area contributed by atoms with Crippen molar-refractivity contribution in [3.05, 3.63) is 120 Å². The van der Waals surface area contributed by atoms with Crippen LogP contribution in [0.3, 0.4) is 0 Å². The fourth-order valence-electron chi connectivity index (χ4n) is 5.02. The Hall–Kier alpha value is -4.51. The largest absolute Gasteiger partial charge is 0.438 e. The standard InChI is InChI=1S/C29H20N4O/c1-18-9-5-7-13-21(18)27-31-28-26-24(20-11-3-2-4-12-20)25-22-14-8-6-10-19(22)15-16-23(25)34-29(26)30-17-33(28)32-27/h2-17,24H,1H3/t24-/m0/s1. The van der Waals surface area contributed by atoms with Crippen LogP contribution in [0.2, 0.25) is 0 Å². The van der Waals surface area contributed by atoms with Crippen molar-refractivity contribution >= 4 is 16.4 Å². The molecular formula is C29H20N4O. The molecule has 0 unspecified atom stereocenters. The molecule has 0 aliphatic carbocycles. The predicted molar refractivity (Wildman–Crippen MR) is 132 cm³/mol. The van der Waals surface area contributed by atoms with E-state index in [9.17, 15) is 0 Å². The molecule has 0 N–H and O–H groups in total. The summed E-state index contributed by atoms with van der Waals surface area (Å²) in [5.74, 6) is 2.00. The average Bonchev–Trinajstić information content (AvgIpc) is 3.32. The summed E-state index contributed by atoms with van der Waals surface area (Å²) in [6.07, 6.45) is 1.69. The van der Waals surface area contributed by atoms with Crippen molar-refractivity contribution < 1.29 is 4.74 Å². The number of fused-ring (bicyclic) bond motifs is 6. The number of hydrogen-bond acceptors (Lipinski definition) is 4. The van der Waals surface area contributed by atoms with E-state index in [0.29, 0.717) is 11.7 Å². The molecule has 0 radical (unpaired) electrons. The third-order valence-electron chi connectivity index (χ3n) is 6.62. The van der Waals surface area contributed by atoms with Gasteiger partial charge in [0.05, 0.1) is 5.56 Å². The highest BCUT2D eigenvalue weighted by atomic mass is 16.5. The van der Waals surface area contributed by atoms with Crippen molar-refractivity contribution in [2.24, 2.45) is 0 Å². The van der Waals surface area contributed by atoms with Gasteiger partial charge in [-0.3, -0.25) is 0 Å². The van der Waals surface area contributed by atoms with Crippen LogP contribution in [0, 0.1) is 6.92 Å². The van der Waals surface area contributed by atoms with Crippen LogP contribution >= 0.6 is 0 Å². The van der Waals surface area contributed by atoms with Gasteiger partial charge in [0.2, 0.25) is 5.88 Å². The van der Waals surface area contributed by atoms with Gasteiger partial charge in [-0.05, 0) is 34.9 Å². The van der Waals surface area contributed by atoms with Gasteiger partial charge in [0.15, 0.2) is 11.5 Å². The second-order valence-electron chi connectivity index (χ2n) is 8.63. The molecule has 162 valence electrons. The summed E-state index contributed by atoms with van der Waals surface area (Å²) in [7, 11) is 0. The van der Waals surface area contributed by atoms with E-state index in [1.807, 2.05) is 24.3 Å². The molecule has 5 heteroatoms. The van der Waals surface area contributed by atoms with Crippen LogP contribution in [-0.2, 0) is 0 Å². The molecule has 0 saturated heterocycles. The van der Waals surface area contributed by atoms with E-state index in [-0.39, 0.29) is 5.92 Å². The Morgan fingerprint density at radius 1 is 0.794 bits per heavy atom. The van der Waals surface area contributed by atoms with Crippen LogP contribution in [-0.4, -0.2) is 19.6 Å². The van der Waals surface area contributed by atoms with Crippen molar-refractivity contribution in [1.82, 2.24) is 19.6 Å². The van der Waals surface area contributed by atoms with Crippen molar-refractivity contribution in [2.75, 3.05) is 0 Å². The first-order valence-corrected chi connectivity index (χ1v) is 11.3. The Bertz CT molecular complexity index is 1700. The fraction of sp³-hybridized carbons (Fsp3) is 0.0690. The molecular weight excluding hydrogens is 420 g/mol. The first-order valence-electron chi connectivity index (χ1n) is 11.3. The minimum absolute atomic E-state index is 0.0869. The predicted octanol–water partition coefficient (Wildman–Crippen LogP) is 6.54. The Labute approximate surface area is 196 Å². The molecule has 6 aromatic rings. The number of aryl methyl sites for hydroxylation is 1. The monoisotopic (exact) mass is 440 g/mol. The molecule has 5 nitrogen and oxygen atoms in total. The molecule has 1 aliphatic rings. The van der Waals surface area contributed by atoms with Crippen molar-refractivity contribution in [2.45, 2.75) is 12.8 Å². The molecule has 1 aliphatic heterocycles. The van der Waals surface area contributed by atoms with Gasteiger partial charge in [-0.1, -0.05) is 84.9 Å². The van der Waals surface area contributed by atoms with E-state index in [1.54, 1.807) is 10.8 Å². The lowest BCUT2D eigenvalue weighted by molar-refractivity contribution is 0.433. The number of aromatic nitrogens is 4. The molecule has 7 rings (SSSR count). The summed E-state index contributed by atoms with van der Waals surface area (Å²) >= 11 is 0. The molecule has 1 atom stereocenters. The third-order valence-corrected chi connectivity index (χ3v) is 6.62. The number of nitrogens with zero attached hydrogens (tertiary/aromatic N) is 4. The molecule has 34 heavy (non-hydrogen) atoms. The minimum atomic E-state index is -0.0869. The summed E-state index contributed by atoms with van der Waals surface area (Å²) in [6, 6.07) is 31.3. The van der Waals surface area contributed by atoms with Gasteiger partial charge in [-0.2, -0.15) is 0 Å². The molecule has 0 bridgehead atoms. The SMILES string of the molecule is Cc1ccccc1-c1nc2c3c(ncn2n1)Oc1ccc2ccccc2c1[C@@H]3c1ccccc1. The first-order chi connectivity index (χ1) is 16.8. The summed E-state index contributed by atoms with van der Waals surface area (Å²) in [4.78, 5) is 9.69. The van der Waals surface area contributed by atoms with E-state index in [1.165, 1.54) is 16.3 Å². The van der Waals surface area contributed by atoms with E-state index >= 15 is 0 Å². The molecule has 0 saturated carbocycles. The van der Waals surface area contributed by atoms with Gasteiger partial charge in [-0.15, -0.1) is 5.10 Å². The summed E-state index contributed by atoms with van der Waals surface area (Å²) in [5.41, 5.74) is 6.14. The van der Waals surface area contributed by atoms with E-state index < -0.39 is 0 Å². The average molecular weight is 441 g/mol. The topological polar surface area (TPSA) is 52.3 Å². The van der Waals surface area contributed by atoms with Gasteiger partial charge >= 0.3 is 0 Å². The molecule has 3 heterocycles. The van der Waals surface area contributed by atoms with Crippen LogP contribution in [0.1, 0.15) is 28.2 Å². The third kappa shape index (κ3) is 2.77. The molecule has 2 aromatic heterocycles. The normalized spacial score (nSPS) is 14.6. The van der Waals surface area contributed by atoms with Crippen LogP contribution in [0.5, 0.6) is 11.6 Å². The second-order valence-corrected chi connectivity index (χ2v) is 8.63. The van der Waals surface area contributed by atoms with Crippen LogP contribution in [0.25, 0.3) is 27.8 Å². The highest BCUT2D eigenvalue weighted by molar-refractivity contribution is 5.91. The van der Waals surface area contributed by atoms with Gasteiger partial charge < -0.3 is 4.74 Å². The van der Waals surface area contributed by atoms with Gasteiger partial charge in [-0.25, -0.2) is 14.5 Å². The van der Waals surface area contributed by atoms with Gasteiger partial charge in [0.1, 0.15) is 12.1 Å². The van der Waals surface area contributed by atoms with Gasteiger partial charge in [0.25, 0.3) is 0 Å². The molecule has 0 amide bonds. The highest BCUT2D eigenvalue weighted by Gasteiger charge is 2.34. The first kappa shape index (κ1) is 19.0. The zero-order chi connectivity index (χ0) is 22.6. The quantitative estimate of drug-likeness (QED) is 0.306. The molecule has 4 aromatic carbocycles. The molecule has 0 spiro atoms. The second kappa shape index (κ2) is 7.25. The van der Waals surface area contributed by atoms with Gasteiger partial charge in [0, 0.05) is 17.0 Å². The zero-order valence-corrected chi connectivity index (χ0v) is 18.5. The maximum atomic E-state index is 6.39. The summed E-state index contributed by atoms with van der Waals surface area (Å²) in [6.45, 7) is 2.08. The Morgan fingerprint density at radius 2 is 1.59 bits per heavy atom. The number of ether oxygens (including phenoxy) is 1. The summed E-state index contributed by atoms with van der Waals surface area (Å²) in [5, 5.41) is 7.13. The van der Waals surface area contributed by atoms with Crippen molar-refractivity contribution in [1.29, 1.82) is 0 Å². The van der Waals surface area contributed by atoms with Crippen molar-refractivity contribution in [3.63, 3.8) is 0 Å². The smallest absolute Gasteiger partial charge is 0.228 e. The van der Waals surface area contributed by atoms with Crippen LogP contribution < -0.4 is 4.74 Å². The maximum Gasteiger partial charge on any atom is 0.228 e. The lowest BCUT2D eigenvalue weighted by Gasteiger charge is -2.29. The number of rotatable bonds is 2. The van der Waals surface area contributed by atoms with E-state index in [4.69, 9.17) is 14.8 Å². The number of benzene rings is 4. The lowest BCUT2D eigenvalue weighted by atomic mass is 9.81. The fourth-order valence-corrected chi connectivity index (χ4v) is 5.02. The zero-order valence-electron chi connectivity index (χ0n) is 18.5. The lowest BCUT2D eigenvalue weighted by Crippen LogP contribution is -2.15. The highest BCUT2D eigenvalue weighted by Crippen LogP contribution is 2.50. The van der Waals surface area contributed by atoms with Crippen LogP contribution in [0.4, 0.5) is 0 Å². The van der Waals surface area contributed by atoms with E-state index in [0.717, 1.165) is 33.7 Å². The van der Waals surface area contributed by atoms with Crippen LogP contribution in [0.15, 0.2) is 97.3 Å². The minimum Gasteiger partial charge on any atom is -0.438 e. The number of hydrogen-bond donors (Lipinski definition) is 0. The van der Waals surface area contributed by atoms with Crippen molar-refractivity contribution in [3.8, 4) is 23.0 Å². The van der Waals surface area contributed by atoms with E-state index in [2.05, 4.69) is 78.6 Å². The summed E-state index contributed by atoms with van der Waals surface area (Å²) < 4.78 is 8.17. The Kier molecular flexibility index (Phi) is 4.05.